The van der Waals surface area contributed by atoms with Gasteiger partial charge in [-0.1, -0.05) is 17.7 Å². The average molecular weight is 328 g/mol. The topological polar surface area (TPSA) is 48.1 Å². The molecule has 1 aromatic heterocycles. The Morgan fingerprint density at radius 1 is 1.33 bits per heavy atom. The molecule has 2 rings (SSSR count). The molecule has 2 N–H and O–H groups in total. The molecule has 18 heavy (non-hydrogen) atoms. The summed E-state index contributed by atoms with van der Waals surface area (Å²) in [6.07, 6.45) is 2.50. The van der Waals surface area contributed by atoms with Crippen molar-refractivity contribution in [3.63, 3.8) is 0 Å². The number of halogens is 2. The average Bonchev–Trinajstić information content (AvgIpc) is 2.34. The van der Waals surface area contributed by atoms with Crippen LogP contribution in [0.4, 0.5) is 5.69 Å². The second kappa shape index (κ2) is 6.07. The third kappa shape index (κ3) is 3.37. The highest BCUT2D eigenvalue weighted by Gasteiger charge is 2.07. The number of anilines is 1. The van der Waals surface area contributed by atoms with Crippen LogP contribution in [0.25, 0.3) is 0 Å². The molecule has 0 saturated heterocycles. The minimum atomic E-state index is 0.515. The van der Waals surface area contributed by atoms with E-state index in [2.05, 4.69) is 20.9 Å². The van der Waals surface area contributed by atoms with Crippen molar-refractivity contribution in [3.05, 3.63) is 51.7 Å². The van der Waals surface area contributed by atoms with E-state index in [0.717, 1.165) is 16.6 Å². The molecule has 0 unspecified atom stereocenters. The first-order valence-electron chi connectivity index (χ1n) is 5.44. The highest BCUT2D eigenvalue weighted by Crippen LogP contribution is 2.34. The van der Waals surface area contributed by atoms with E-state index >= 15 is 0 Å². The number of hydrogen-bond acceptors (Lipinski definition) is 3. The minimum Gasteiger partial charge on any atom is -0.490 e. The van der Waals surface area contributed by atoms with Crippen molar-refractivity contribution in [1.29, 1.82) is 0 Å². The Kier molecular flexibility index (Phi) is 4.44. The van der Waals surface area contributed by atoms with Gasteiger partial charge in [-0.25, -0.2) is 0 Å². The van der Waals surface area contributed by atoms with Gasteiger partial charge in [-0.15, -0.1) is 0 Å². The van der Waals surface area contributed by atoms with Gasteiger partial charge in [0, 0.05) is 23.3 Å². The van der Waals surface area contributed by atoms with Gasteiger partial charge >= 0.3 is 0 Å². The van der Waals surface area contributed by atoms with E-state index < -0.39 is 0 Å². The molecule has 0 atom stereocenters. The van der Waals surface area contributed by atoms with Gasteiger partial charge in [-0.2, -0.15) is 0 Å². The summed E-state index contributed by atoms with van der Waals surface area (Å²) in [6.45, 7) is 0.515. The van der Waals surface area contributed by atoms with Crippen LogP contribution in [0.3, 0.4) is 0 Å². The smallest absolute Gasteiger partial charge is 0.156 e. The van der Waals surface area contributed by atoms with E-state index in [1.165, 1.54) is 0 Å². The third-order valence-electron chi connectivity index (χ3n) is 2.37. The fraction of sp³-hybridized carbons (Fsp3) is 0.154. The highest BCUT2D eigenvalue weighted by molar-refractivity contribution is 9.10. The molecule has 0 aliphatic carbocycles. The van der Waals surface area contributed by atoms with Crippen LogP contribution in [0, 0.1) is 0 Å². The second-order valence-corrected chi connectivity index (χ2v) is 5.02. The van der Waals surface area contributed by atoms with Crippen LogP contribution in [-0.4, -0.2) is 11.6 Å². The molecule has 5 heteroatoms. The maximum absolute atomic E-state index is 5.88. The lowest BCUT2D eigenvalue weighted by Gasteiger charge is -2.11. The summed E-state index contributed by atoms with van der Waals surface area (Å²) < 4.78 is 6.41. The maximum Gasteiger partial charge on any atom is 0.156 e. The zero-order valence-electron chi connectivity index (χ0n) is 9.57. The van der Waals surface area contributed by atoms with Gasteiger partial charge in [0.25, 0.3) is 0 Å². The summed E-state index contributed by atoms with van der Waals surface area (Å²) >= 11 is 9.26. The van der Waals surface area contributed by atoms with E-state index in [-0.39, 0.29) is 0 Å². The second-order valence-electron chi connectivity index (χ2n) is 3.73. The first-order chi connectivity index (χ1) is 8.66. The summed E-state index contributed by atoms with van der Waals surface area (Å²) in [5.74, 6) is 0.621. The number of nitrogens with two attached hydrogens (primary N) is 1. The monoisotopic (exact) mass is 326 g/mol. The molecule has 1 aromatic carbocycles. The van der Waals surface area contributed by atoms with Crippen molar-refractivity contribution < 1.29 is 4.74 Å². The number of nitrogen functional groups attached to an aromatic ring is 1. The van der Waals surface area contributed by atoms with E-state index in [9.17, 15) is 0 Å². The van der Waals surface area contributed by atoms with E-state index in [1.807, 2.05) is 18.2 Å². The molecule has 0 aliphatic heterocycles. The standard InChI is InChI=1S/C13H12BrClN2O/c14-11-7-9(15)8-12(16)13(11)18-6-4-10-3-1-2-5-17-10/h1-3,5,7-8H,4,6,16H2. The molecule has 0 fully saturated rings. The highest BCUT2D eigenvalue weighted by atomic mass is 79.9. The molecular formula is C13H12BrClN2O. The minimum absolute atomic E-state index is 0.515. The number of pyridine rings is 1. The van der Waals surface area contributed by atoms with Crippen molar-refractivity contribution in [1.82, 2.24) is 4.98 Å². The predicted molar refractivity (Wildman–Crippen MR) is 77.0 cm³/mol. The van der Waals surface area contributed by atoms with Crippen molar-refractivity contribution >= 4 is 33.2 Å². The fourth-order valence-electron chi connectivity index (χ4n) is 1.54. The summed E-state index contributed by atoms with van der Waals surface area (Å²) in [4.78, 5) is 4.22. The van der Waals surface area contributed by atoms with Gasteiger partial charge in [-0.05, 0) is 40.2 Å². The summed E-state index contributed by atoms with van der Waals surface area (Å²) in [5.41, 5.74) is 7.36. The molecule has 0 radical (unpaired) electrons. The maximum atomic E-state index is 5.88. The molecule has 0 bridgehead atoms. The van der Waals surface area contributed by atoms with Gasteiger partial charge in [0.05, 0.1) is 16.8 Å². The first kappa shape index (κ1) is 13.2. The lowest BCUT2D eigenvalue weighted by Crippen LogP contribution is -2.05. The molecule has 0 aliphatic rings. The number of hydrogen-bond donors (Lipinski definition) is 1. The number of benzene rings is 1. The Hall–Kier alpha value is -1.26. The predicted octanol–water partition coefficient (Wildman–Crippen LogP) is 3.70. The molecule has 0 saturated carbocycles. The van der Waals surface area contributed by atoms with Crippen LogP contribution in [-0.2, 0) is 6.42 Å². The zero-order valence-corrected chi connectivity index (χ0v) is 11.9. The molecular weight excluding hydrogens is 316 g/mol. The number of rotatable bonds is 4. The van der Waals surface area contributed by atoms with Crippen LogP contribution in [0.2, 0.25) is 5.02 Å². The normalized spacial score (nSPS) is 10.3. The van der Waals surface area contributed by atoms with Crippen molar-refractivity contribution in [2.45, 2.75) is 6.42 Å². The Morgan fingerprint density at radius 2 is 2.17 bits per heavy atom. The van der Waals surface area contributed by atoms with Crippen LogP contribution in [0.5, 0.6) is 5.75 Å². The Bertz CT molecular complexity index is 511. The number of nitrogens with zero attached hydrogens (tertiary/aromatic N) is 1. The summed E-state index contributed by atoms with van der Waals surface area (Å²) in [6, 6.07) is 9.23. The Labute approximate surface area is 119 Å². The molecule has 94 valence electrons. The van der Waals surface area contributed by atoms with Crippen LogP contribution in [0.1, 0.15) is 5.69 Å². The van der Waals surface area contributed by atoms with Gasteiger partial charge in [0.15, 0.2) is 5.75 Å². The van der Waals surface area contributed by atoms with Crippen molar-refractivity contribution in [2.24, 2.45) is 0 Å². The summed E-state index contributed by atoms with van der Waals surface area (Å²) in [7, 11) is 0. The molecule has 2 aromatic rings. The van der Waals surface area contributed by atoms with Crippen LogP contribution < -0.4 is 10.5 Å². The van der Waals surface area contributed by atoms with Gasteiger partial charge < -0.3 is 10.5 Å². The molecule has 0 spiro atoms. The number of aromatic nitrogens is 1. The Morgan fingerprint density at radius 3 is 2.83 bits per heavy atom. The largest absolute Gasteiger partial charge is 0.490 e. The molecule has 3 nitrogen and oxygen atoms in total. The van der Waals surface area contributed by atoms with Crippen LogP contribution >= 0.6 is 27.5 Å². The van der Waals surface area contributed by atoms with Gasteiger partial charge in [0.2, 0.25) is 0 Å². The van der Waals surface area contributed by atoms with Crippen molar-refractivity contribution in [3.8, 4) is 5.75 Å². The lowest BCUT2D eigenvalue weighted by atomic mass is 10.3. The Balaban J connectivity index is 1.99. The third-order valence-corrected chi connectivity index (χ3v) is 3.18. The molecule has 1 heterocycles. The van der Waals surface area contributed by atoms with Crippen LogP contribution in [0.15, 0.2) is 41.0 Å². The summed E-state index contributed by atoms with van der Waals surface area (Å²) in [5, 5.41) is 0.580. The zero-order chi connectivity index (χ0) is 13.0. The van der Waals surface area contributed by atoms with E-state index in [4.69, 9.17) is 22.1 Å². The lowest BCUT2D eigenvalue weighted by molar-refractivity contribution is 0.320. The van der Waals surface area contributed by atoms with Gasteiger partial charge in [-0.3, -0.25) is 4.98 Å². The van der Waals surface area contributed by atoms with Crippen molar-refractivity contribution in [2.75, 3.05) is 12.3 Å². The van der Waals surface area contributed by atoms with Gasteiger partial charge in [0.1, 0.15) is 0 Å². The quantitative estimate of drug-likeness (QED) is 0.871. The first-order valence-corrected chi connectivity index (χ1v) is 6.61. The SMILES string of the molecule is Nc1cc(Cl)cc(Br)c1OCCc1ccccn1. The fourth-order valence-corrected chi connectivity index (χ4v) is 2.48. The number of ether oxygens (including phenoxy) is 1. The van der Waals surface area contributed by atoms with E-state index in [1.54, 1.807) is 18.3 Å². The van der Waals surface area contributed by atoms with E-state index in [0.29, 0.717) is 23.1 Å². The molecule has 0 amide bonds.